The Morgan fingerprint density at radius 2 is 2.09 bits per heavy atom. The number of halogens is 1. The van der Waals surface area contributed by atoms with Crippen molar-refractivity contribution in [1.82, 2.24) is 14.8 Å². The number of hydrogen-bond donors (Lipinski definition) is 1. The molecule has 2 aliphatic rings. The molecule has 0 amide bonds. The maximum atomic E-state index is 13.0. The molecule has 0 radical (unpaired) electrons. The Hall–Kier alpha value is -2.77. The second-order valence-corrected chi connectivity index (χ2v) is 9.13. The first kappa shape index (κ1) is 21.1. The molecule has 2 aromatic carbocycles. The molecule has 8 heteroatoms. The fourth-order valence-electron chi connectivity index (χ4n) is 4.25. The van der Waals surface area contributed by atoms with Crippen molar-refractivity contribution in [3.63, 3.8) is 0 Å². The van der Waals surface area contributed by atoms with E-state index in [2.05, 4.69) is 5.32 Å². The van der Waals surface area contributed by atoms with Gasteiger partial charge in [-0.1, -0.05) is 53.7 Å². The van der Waals surface area contributed by atoms with Crippen LogP contribution in [0.25, 0.3) is 0 Å². The van der Waals surface area contributed by atoms with E-state index in [9.17, 15) is 4.79 Å². The number of hydrogen-bond acceptors (Lipinski definition) is 6. The van der Waals surface area contributed by atoms with Crippen molar-refractivity contribution in [2.45, 2.75) is 43.1 Å². The Bertz CT molecular complexity index is 1210. The Balaban J connectivity index is 1.53. The van der Waals surface area contributed by atoms with Crippen LogP contribution in [0.5, 0.6) is 5.75 Å². The van der Waals surface area contributed by atoms with E-state index in [4.69, 9.17) is 26.4 Å². The molecule has 1 atom stereocenters. The molecule has 0 spiro atoms. The summed E-state index contributed by atoms with van der Waals surface area (Å²) in [5.74, 6) is 2.28. The number of nitrogens with one attached hydrogen (secondary N) is 1. The van der Waals surface area contributed by atoms with E-state index in [1.165, 1.54) is 0 Å². The number of nitrogens with zero attached hydrogens (tertiary/aromatic N) is 3. The molecule has 5 rings (SSSR count). The fourth-order valence-corrected chi connectivity index (χ4v) is 5.24. The highest BCUT2D eigenvalue weighted by atomic mass is 35.5. The first-order chi connectivity index (χ1) is 15.6. The Morgan fingerprint density at radius 3 is 2.94 bits per heavy atom. The van der Waals surface area contributed by atoms with Gasteiger partial charge < -0.3 is 10.1 Å². The van der Waals surface area contributed by atoms with E-state index in [0.717, 1.165) is 41.0 Å². The van der Waals surface area contributed by atoms with Crippen LogP contribution in [0.4, 0.5) is 5.95 Å². The minimum atomic E-state index is -0.357. The van der Waals surface area contributed by atoms with Crippen LogP contribution in [-0.2, 0) is 10.5 Å². The van der Waals surface area contributed by atoms with Crippen LogP contribution in [0.15, 0.2) is 65.0 Å². The molecule has 0 saturated carbocycles. The summed E-state index contributed by atoms with van der Waals surface area (Å²) in [7, 11) is 0. The van der Waals surface area contributed by atoms with Crippen LogP contribution in [0, 0.1) is 0 Å². The van der Waals surface area contributed by atoms with Gasteiger partial charge in [0.2, 0.25) is 11.1 Å². The van der Waals surface area contributed by atoms with Crippen LogP contribution in [0.1, 0.15) is 43.4 Å². The van der Waals surface area contributed by atoms with Gasteiger partial charge in [-0.15, -0.1) is 5.10 Å². The number of para-hydroxylation sites is 1. The van der Waals surface area contributed by atoms with Crippen molar-refractivity contribution in [2.75, 3.05) is 11.9 Å². The number of allylic oxidation sites excluding steroid dienone is 2. The monoisotopic (exact) mass is 466 g/mol. The number of rotatable bonds is 6. The topological polar surface area (TPSA) is 69.0 Å². The number of aromatic nitrogens is 3. The molecule has 0 saturated heterocycles. The van der Waals surface area contributed by atoms with Crippen molar-refractivity contribution in [1.29, 1.82) is 0 Å². The van der Waals surface area contributed by atoms with Crippen molar-refractivity contribution in [2.24, 2.45) is 0 Å². The van der Waals surface area contributed by atoms with Crippen molar-refractivity contribution >= 4 is 35.1 Å². The van der Waals surface area contributed by atoms with Crippen LogP contribution < -0.4 is 10.1 Å². The number of carbonyl (C=O) groups is 1. The standard InChI is InChI=1S/C24H23ClN4O2S/c1-2-31-20-12-4-3-9-17(20)22-21-18(10-6-11-19(21)30)26-23-27-24(28-29(22)23)32-14-15-7-5-8-16(25)13-15/h3-5,7-9,12-13,22H,2,6,10-11,14H2,1H3,(H,26,27,28)/t22-/m1/s1. The summed E-state index contributed by atoms with van der Waals surface area (Å²) in [6.07, 6.45) is 2.22. The average Bonchev–Trinajstić information content (AvgIpc) is 3.20. The molecule has 1 aromatic heterocycles. The number of fused-ring (bicyclic) bond motifs is 1. The van der Waals surface area contributed by atoms with E-state index in [1.807, 2.05) is 60.1 Å². The van der Waals surface area contributed by atoms with Gasteiger partial charge in [-0.3, -0.25) is 4.79 Å². The van der Waals surface area contributed by atoms with Gasteiger partial charge in [-0.05, 0) is 43.5 Å². The molecule has 1 N–H and O–H groups in total. The van der Waals surface area contributed by atoms with Crippen molar-refractivity contribution < 1.29 is 9.53 Å². The number of thioether (sulfide) groups is 1. The molecule has 32 heavy (non-hydrogen) atoms. The molecule has 2 heterocycles. The van der Waals surface area contributed by atoms with Gasteiger partial charge >= 0.3 is 0 Å². The summed E-state index contributed by atoms with van der Waals surface area (Å²) in [6, 6.07) is 15.3. The normalized spacial score (nSPS) is 17.6. The molecule has 0 bridgehead atoms. The average molecular weight is 467 g/mol. The number of Topliss-reactive ketones (excluding diaryl/α,β-unsaturated/α-hetero) is 1. The lowest BCUT2D eigenvalue weighted by atomic mass is 9.85. The maximum Gasteiger partial charge on any atom is 0.227 e. The number of ether oxygens (including phenoxy) is 1. The zero-order chi connectivity index (χ0) is 22.1. The van der Waals surface area contributed by atoms with Crippen LogP contribution in [-0.4, -0.2) is 27.2 Å². The quantitative estimate of drug-likeness (QED) is 0.474. The first-order valence-corrected chi connectivity index (χ1v) is 12.1. The van der Waals surface area contributed by atoms with Crippen LogP contribution in [0.2, 0.25) is 5.02 Å². The number of carbonyl (C=O) groups excluding carboxylic acids is 1. The Morgan fingerprint density at radius 1 is 1.22 bits per heavy atom. The predicted molar refractivity (Wildman–Crippen MR) is 126 cm³/mol. The predicted octanol–water partition coefficient (Wildman–Crippen LogP) is 5.64. The van der Waals surface area contributed by atoms with E-state index >= 15 is 0 Å². The largest absolute Gasteiger partial charge is 0.494 e. The highest BCUT2D eigenvalue weighted by Crippen LogP contribution is 2.43. The van der Waals surface area contributed by atoms with E-state index in [1.54, 1.807) is 11.8 Å². The maximum absolute atomic E-state index is 13.0. The second-order valence-electron chi connectivity index (χ2n) is 7.75. The van der Waals surface area contributed by atoms with Gasteiger partial charge in [0.25, 0.3) is 0 Å². The SMILES string of the molecule is CCOc1ccccc1[C@@H]1C2=C(CCCC2=O)Nc2nc(SCc3cccc(Cl)c3)nn21. The van der Waals surface area contributed by atoms with E-state index in [0.29, 0.717) is 34.9 Å². The van der Waals surface area contributed by atoms with Crippen LogP contribution >= 0.6 is 23.4 Å². The molecular weight excluding hydrogens is 444 g/mol. The summed E-state index contributed by atoms with van der Waals surface area (Å²) in [5, 5.41) is 9.55. The van der Waals surface area contributed by atoms with Gasteiger partial charge in [-0.25, -0.2) is 4.68 Å². The molecule has 6 nitrogen and oxygen atoms in total. The molecule has 0 unspecified atom stereocenters. The second kappa shape index (κ2) is 9.00. The molecular formula is C24H23ClN4O2S. The smallest absolute Gasteiger partial charge is 0.227 e. The highest BCUT2D eigenvalue weighted by molar-refractivity contribution is 7.98. The highest BCUT2D eigenvalue weighted by Gasteiger charge is 2.38. The zero-order valence-electron chi connectivity index (χ0n) is 17.7. The Labute approximate surface area is 196 Å². The lowest BCUT2D eigenvalue weighted by Gasteiger charge is -2.32. The number of anilines is 1. The summed E-state index contributed by atoms with van der Waals surface area (Å²) in [5.41, 5.74) is 3.75. The first-order valence-electron chi connectivity index (χ1n) is 10.7. The van der Waals surface area contributed by atoms with E-state index < -0.39 is 0 Å². The molecule has 1 aliphatic carbocycles. The Kier molecular flexibility index (Phi) is 5.93. The summed E-state index contributed by atoms with van der Waals surface area (Å²) >= 11 is 7.66. The van der Waals surface area contributed by atoms with Gasteiger partial charge in [0.05, 0.1) is 6.61 Å². The zero-order valence-corrected chi connectivity index (χ0v) is 19.2. The fraction of sp³-hybridized carbons (Fsp3) is 0.292. The van der Waals surface area contributed by atoms with Gasteiger partial charge in [0.1, 0.15) is 11.8 Å². The molecule has 1 aliphatic heterocycles. The molecule has 3 aromatic rings. The van der Waals surface area contributed by atoms with E-state index in [-0.39, 0.29) is 11.8 Å². The van der Waals surface area contributed by atoms with Gasteiger partial charge in [0.15, 0.2) is 5.78 Å². The third-order valence-electron chi connectivity index (χ3n) is 5.62. The van der Waals surface area contributed by atoms with Gasteiger partial charge in [-0.2, -0.15) is 4.98 Å². The van der Waals surface area contributed by atoms with Gasteiger partial charge in [0, 0.05) is 34.0 Å². The third kappa shape index (κ3) is 4.02. The molecule has 164 valence electrons. The molecule has 0 fully saturated rings. The van der Waals surface area contributed by atoms with Crippen molar-refractivity contribution in [3.05, 3.63) is 76.0 Å². The summed E-state index contributed by atoms with van der Waals surface area (Å²) in [4.78, 5) is 17.8. The third-order valence-corrected chi connectivity index (χ3v) is 6.76. The van der Waals surface area contributed by atoms with Crippen LogP contribution in [0.3, 0.4) is 0 Å². The minimum absolute atomic E-state index is 0.157. The minimum Gasteiger partial charge on any atom is -0.494 e. The summed E-state index contributed by atoms with van der Waals surface area (Å²) in [6.45, 7) is 2.51. The number of benzene rings is 2. The summed E-state index contributed by atoms with van der Waals surface area (Å²) < 4.78 is 7.74. The number of ketones is 1. The lowest BCUT2D eigenvalue weighted by Crippen LogP contribution is -2.31. The van der Waals surface area contributed by atoms with Crippen molar-refractivity contribution in [3.8, 4) is 5.75 Å². The lowest BCUT2D eigenvalue weighted by molar-refractivity contribution is -0.116.